The number of ether oxygens (including phenoxy) is 1. The van der Waals surface area contributed by atoms with Crippen molar-refractivity contribution in [2.45, 2.75) is 12.6 Å². The second-order valence-electron chi connectivity index (χ2n) is 5.51. The molecule has 1 aromatic heterocycles. The van der Waals surface area contributed by atoms with Crippen LogP contribution < -0.4 is 0 Å². The summed E-state index contributed by atoms with van der Waals surface area (Å²) in [4.78, 5) is 16.2. The first-order chi connectivity index (χ1) is 11.9. The Kier molecular flexibility index (Phi) is 4.44. The lowest BCUT2D eigenvalue weighted by Crippen LogP contribution is -2.06. The number of methoxy groups -OCH3 is 1. The molecular formula is C19H14F3NO2. The Morgan fingerprint density at radius 2 is 1.76 bits per heavy atom. The number of halogens is 3. The molecule has 3 aromatic rings. The highest BCUT2D eigenvalue weighted by atomic mass is 19.4. The molecular weight excluding hydrogens is 331 g/mol. The van der Waals surface area contributed by atoms with E-state index in [4.69, 9.17) is 4.74 Å². The minimum Gasteiger partial charge on any atom is -0.469 e. The molecule has 0 aliphatic carbocycles. The highest BCUT2D eigenvalue weighted by molar-refractivity contribution is 5.88. The zero-order chi connectivity index (χ0) is 18.0. The summed E-state index contributed by atoms with van der Waals surface area (Å²) in [5.41, 5.74) is 1.72. The zero-order valence-corrected chi connectivity index (χ0v) is 13.3. The van der Waals surface area contributed by atoms with E-state index in [9.17, 15) is 18.0 Å². The molecule has 0 spiro atoms. The molecule has 3 nitrogen and oxygen atoms in total. The van der Waals surface area contributed by atoms with Gasteiger partial charge in [-0.05, 0) is 29.8 Å². The maximum absolute atomic E-state index is 12.7. The van der Waals surface area contributed by atoms with Crippen LogP contribution in [0.4, 0.5) is 13.2 Å². The molecule has 3 rings (SSSR count). The van der Waals surface area contributed by atoms with Crippen molar-refractivity contribution in [2.75, 3.05) is 7.11 Å². The van der Waals surface area contributed by atoms with Crippen molar-refractivity contribution in [1.29, 1.82) is 0 Å². The zero-order valence-electron chi connectivity index (χ0n) is 13.3. The molecule has 0 aliphatic rings. The molecule has 0 bridgehead atoms. The number of fused-ring (bicyclic) bond motifs is 1. The van der Waals surface area contributed by atoms with Crippen LogP contribution in [0.25, 0.3) is 22.2 Å². The molecule has 0 radical (unpaired) electrons. The molecule has 6 heteroatoms. The number of nitrogens with zero attached hydrogens (tertiary/aromatic N) is 1. The van der Waals surface area contributed by atoms with Crippen LogP contribution in [0.1, 0.15) is 11.1 Å². The Morgan fingerprint density at radius 1 is 1.08 bits per heavy atom. The molecule has 2 aromatic carbocycles. The summed E-state index contributed by atoms with van der Waals surface area (Å²) >= 11 is 0. The Balaban J connectivity index is 2.08. The normalized spacial score (nSPS) is 11.5. The molecule has 1 heterocycles. The van der Waals surface area contributed by atoms with E-state index in [1.165, 1.54) is 19.2 Å². The average molecular weight is 345 g/mol. The van der Waals surface area contributed by atoms with Crippen molar-refractivity contribution in [1.82, 2.24) is 4.98 Å². The molecule has 0 unspecified atom stereocenters. The second kappa shape index (κ2) is 6.55. The Hall–Kier alpha value is -2.89. The molecule has 0 saturated carbocycles. The van der Waals surface area contributed by atoms with Gasteiger partial charge < -0.3 is 4.74 Å². The van der Waals surface area contributed by atoms with Gasteiger partial charge in [-0.2, -0.15) is 13.2 Å². The third-order valence-corrected chi connectivity index (χ3v) is 3.87. The number of para-hydroxylation sites is 1. The Morgan fingerprint density at radius 3 is 2.40 bits per heavy atom. The van der Waals surface area contributed by atoms with Gasteiger partial charge in [0.15, 0.2) is 0 Å². The highest BCUT2D eigenvalue weighted by Crippen LogP contribution is 2.31. The van der Waals surface area contributed by atoms with Crippen LogP contribution in [0.3, 0.4) is 0 Å². The van der Waals surface area contributed by atoms with Crippen molar-refractivity contribution in [3.05, 3.63) is 65.7 Å². The van der Waals surface area contributed by atoms with Crippen LogP contribution in [-0.4, -0.2) is 18.1 Å². The van der Waals surface area contributed by atoms with Gasteiger partial charge in [0, 0.05) is 10.9 Å². The number of rotatable bonds is 3. The fourth-order valence-electron chi connectivity index (χ4n) is 2.60. The summed E-state index contributed by atoms with van der Waals surface area (Å²) in [5.74, 6) is -0.394. The van der Waals surface area contributed by atoms with Crippen LogP contribution in [0, 0.1) is 0 Å². The summed E-state index contributed by atoms with van der Waals surface area (Å²) < 4.78 is 42.8. The van der Waals surface area contributed by atoms with Crippen molar-refractivity contribution in [3.63, 3.8) is 0 Å². The lowest BCUT2D eigenvalue weighted by atomic mass is 10.0. The number of hydrogen-bond donors (Lipinski definition) is 0. The number of alkyl halides is 3. The predicted octanol–water partition coefficient (Wildman–Crippen LogP) is 4.64. The summed E-state index contributed by atoms with van der Waals surface area (Å²) in [7, 11) is 1.31. The minimum absolute atomic E-state index is 0.0627. The summed E-state index contributed by atoms with van der Waals surface area (Å²) in [6.07, 6.45) is -4.32. The van der Waals surface area contributed by atoms with E-state index >= 15 is 0 Å². The number of esters is 1. The standard InChI is InChI=1S/C19H14F3NO2/c1-25-18(24)11-13-10-17(23-16-5-3-2-4-15(13)16)12-6-8-14(9-7-12)19(20,21)22/h2-10H,11H2,1H3. The van der Waals surface area contributed by atoms with Crippen LogP contribution in [0.2, 0.25) is 0 Å². The first kappa shape index (κ1) is 17.0. The lowest BCUT2D eigenvalue weighted by molar-refractivity contribution is -0.140. The monoisotopic (exact) mass is 345 g/mol. The largest absolute Gasteiger partial charge is 0.469 e. The number of aromatic nitrogens is 1. The van der Waals surface area contributed by atoms with Gasteiger partial charge in [0.2, 0.25) is 0 Å². The molecule has 0 fully saturated rings. The Labute approximate surface area is 142 Å². The molecule has 0 atom stereocenters. The molecule has 0 aliphatic heterocycles. The van der Waals surface area contributed by atoms with Crippen molar-refractivity contribution in [2.24, 2.45) is 0 Å². The van der Waals surface area contributed by atoms with E-state index in [1.807, 2.05) is 18.2 Å². The number of carbonyl (C=O) groups excluding carboxylic acids is 1. The Bertz CT molecular complexity index is 918. The van der Waals surface area contributed by atoms with E-state index in [0.29, 0.717) is 22.3 Å². The van der Waals surface area contributed by atoms with E-state index in [2.05, 4.69) is 4.98 Å². The van der Waals surface area contributed by atoms with E-state index < -0.39 is 17.7 Å². The quantitative estimate of drug-likeness (QED) is 0.650. The first-order valence-corrected chi connectivity index (χ1v) is 7.51. The highest BCUT2D eigenvalue weighted by Gasteiger charge is 2.30. The van der Waals surface area contributed by atoms with Crippen molar-refractivity contribution < 1.29 is 22.7 Å². The predicted molar refractivity (Wildman–Crippen MR) is 87.9 cm³/mol. The lowest BCUT2D eigenvalue weighted by Gasteiger charge is -2.11. The maximum Gasteiger partial charge on any atom is 0.416 e. The van der Waals surface area contributed by atoms with E-state index in [0.717, 1.165) is 17.5 Å². The summed E-state index contributed by atoms with van der Waals surface area (Å²) in [6, 6.07) is 13.8. The van der Waals surface area contributed by atoms with Gasteiger partial charge >= 0.3 is 12.1 Å². The number of carbonyl (C=O) groups is 1. The van der Waals surface area contributed by atoms with Crippen LogP contribution in [0.15, 0.2) is 54.6 Å². The number of pyridine rings is 1. The first-order valence-electron chi connectivity index (χ1n) is 7.51. The fraction of sp³-hybridized carbons (Fsp3) is 0.158. The molecule has 0 amide bonds. The van der Waals surface area contributed by atoms with Gasteiger partial charge in [-0.15, -0.1) is 0 Å². The second-order valence-corrected chi connectivity index (χ2v) is 5.51. The van der Waals surface area contributed by atoms with Crippen molar-refractivity contribution >= 4 is 16.9 Å². The van der Waals surface area contributed by atoms with Gasteiger partial charge in [-0.3, -0.25) is 4.79 Å². The van der Waals surface area contributed by atoms with Gasteiger partial charge in [-0.1, -0.05) is 30.3 Å². The van der Waals surface area contributed by atoms with Gasteiger partial charge in [0.25, 0.3) is 0 Å². The van der Waals surface area contributed by atoms with E-state index in [1.54, 1.807) is 12.1 Å². The van der Waals surface area contributed by atoms with Gasteiger partial charge in [-0.25, -0.2) is 4.98 Å². The molecule has 0 N–H and O–H groups in total. The smallest absolute Gasteiger partial charge is 0.416 e. The van der Waals surface area contributed by atoms with Crippen molar-refractivity contribution in [3.8, 4) is 11.3 Å². The summed E-state index contributed by atoms with van der Waals surface area (Å²) in [6.45, 7) is 0. The van der Waals surface area contributed by atoms with Crippen LogP contribution >= 0.6 is 0 Å². The van der Waals surface area contributed by atoms with Gasteiger partial charge in [0.05, 0.1) is 30.3 Å². The third kappa shape index (κ3) is 3.63. The molecule has 128 valence electrons. The van der Waals surface area contributed by atoms with Crippen LogP contribution in [-0.2, 0) is 22.1 Å². The summed E-state index contributed by atoms with van der Waals surface area (Å²) in [5, 5.41) is 0.809. The third-order valence-electron chi connectivity index (χ3n) is 3.87. The number of benzene rings is 2. The minimum atomic E-state index is -4.38. The topological polar surface area (TPSA) is 39.2 Å². The number of hydrogen-bond acceptors (Lipinski definition) is 3. The van der Waals surface area contributed by atoms with Crippen LogP contribution in [0.5, 0.6) is 0 Å². The fourth-order valence-corrected chi connectivity index (χ4v) is 2.60. The maximum atomic E-state index is 12.7. The molecule has 25 heavy (non-hydrogen) atoms. The van der Waals surface area contributed by atoms with E-state index in [-0.39, 0.29) is 6.42 Å². The average Bonchev–Trinajstić information content (AvgIpc) is 2.61. The SMILES string of the molecule is COC(=O)Cc1cc(-c2ccc(C(F)(F)F)cc2)nc2ccccc12. The van der Waals surface area contributed by atoms with Gasteiger partial charge in [0.1, 0.15) is 0 Å². The molecule has 0 saturated heterocycles.